The van der Waals surface area contributed by atoms with Crippen molar-refractivity contribution in [1.82, 2.24) is 4.90 Å². The van der Waals surface area contributed by atoms with Crippen LogP contribution in [0.15, 0.2) is 58.3 Å². The molecule has 0 bridgehead atoms. The summed E-state index contributed by atoms with van der Waals surface area (Å²) in [5, 5.41) is 0.515. The Morgan fingerprint density at radius 1 is 1.07 bits per heavy atom. The number of amides is 1. The minimum Gasteiger partial charge on any atom is -0.450 e. The topological polar surface area (TPSA) is 50.5 Å². The van der Waals surface area contributed by atoms with Gasteiger partial charge in [-0.1, -0.05) is 51.1 Å². The molecule has 0 N–H and O–H groups in total. The minimum atomic E-state index is -0.484. The molecule has 0 fully saturated rings. The molecule has 1 aromatic heterocycles. The molecule has 154 valence electrons. The van der Waals surface area contributed by atoms with E-state index in [2.05, 4.69) is 39.5 Å². The van der Waals surface area contributed by atoms with Crippen LogP contribution in [0.4, 0.5) is 0 Å². The van der Waals surface area contributed by atoms with Crippen molar-refractivity contribution in [3.63, 3.8) is 0 Å². The fourth-order valence-corrected chi connectivity index (χ4v) is 4.11. The highest BCUT2D eigenvalue weighted by molar-refractivity contribution is 5.99. The zero-order chi connectivity index (χ0) is 21.8. The van der Waals surface area contributed by atoms with Crippen molar-refractivity contribution in [2.45, 2.75) is 46.1 Å². The lowest BCUT2D eigenvalue weighted by Gasteiger charge is -2.25. The number of nitrogens with zero attached hydrogens (tertiary/aromatic N) is 1. The van der Waals surface area contributed by atoms with Gasteiger partial charge >= 0.3 is 0 Å². The molecule has 0 aliphatic carbocycles. The lowest BCUT2D eigenvalue weighted by molar-refractivity contribution is 0.0748. The van der Waals surface area contributed by atoms with Gasteiger partial charge in [0, 0.05) is 6.54 Å². The SMILES string of the molecule is C=CCN1C(=O)c2oc3cc(C)c(C)cc3c(=O)c2C1c1ccc(C(C)(C)C)cc1. The molecule has 1 aliphatic rings. The first kappa shape index (κ1) is 20.1. The van der Waals surface area contributed by atoms with Crippen LogP contribution in [-0.2, 0) is 5.41 Å². The van der Waals surface area contributed by atoms with Gasteiger partial charge in [-0.3, -0.25) is 9.59 Å². The Morgan fingerprint density at radius 3 is 2.30 bits per heavy atom. The maximum atomic E-state index is 13.5. The van der Waals surface area contributed by atoms with Crippen molar-refractivity contribution >= 4 is 16.9 Å². The molecule has 2 aromatic carbocycles. The van der Waals surface area contributed by atoms with Gasteiger partial charge in [0.1, 0.15) is 5.58 Å². The molecule has 0 radical (unpaired) electrons. The largest absolute Gasteiger partial charge is 0.450 e. The summed E-state index contributed by atoms with van der Waals surface area (Å²) >= 11 is 0. The van der Waals surface area contributed by atoms with Crippen LogP contribution in [0.2, 0.25) is 0 Å². The van der Waals surface area contributed by atoms with Crippen molar-refractivity contribution in [2.75, 3.05) is 6.54 Å². The molecule has 3 aromatic rings. The van der Waals surface area contributed by atoms with Gasteiger partial charge in [-0.05, 0) is 53.6 Å². The molecule has 2 heterocycles. The maximum absolute atomic E-state index is 13.5. The van der Waals surface area contributed by atoms with Gasteiger partial charge in [-0.15, -0.1) is 6.58 Å². The molecule has 30 heavy (non-hydrogen) atoms. The summed E-state index contributed by atoms with van der Waals surface area (Å²) in [7, 11) is 0. The lowest BCUT2D eigenvalue weighted by Crippen LogP contribution is -2.29. The molecule has 0 saturated carbocycles. The second kappa shape index (κ2) is 6.98. The van der Waals surface area contributed by atoms with Crippen molar-refractivity contribution in [1.29, 1.82) is 0 Å². The third kappa shape index (κ3) is 3.07. The zero-order valence-corrected chi connectivity index (χ0v) is 18.2. The van der Waals surface area contributed by atoms with E-state index in [1.165, 1.54) is 5.56 Å². The van der Waals surface area contributed by atoms with Gasteiger partial charge < -0.3 is 9.32 Å². The molecular formula is C26H27NO3. The van der Waals surface area contributed by atoms with E-state index in [4.69, 9.17) is 4.42 Å². The van der Waals surface area contributed by atoms with Crippen LogP contribution in [0.3, 0.4) is 0 Å². The molecule has 1 aliphatic heterocycles. The van der Waals surface area contributed by atoms with Crippen LogP contribution in [0.25, 0.3) is 11.0 Å². The normalized spacial score (nSPS) is 16.2. The highest BCUT2D eigenvalue weighted by Gasteiger charge is 2.42. The number of aryl methyl sites for hydroxylation is 2. The Labute approximate surface area is 176 Å². The quantitative estimate of drug-likeness (QED) is 0.549. The number of carbonyl (C=O) groups excluding carboxylic acids is 1. The van der Waals surface area contributed by atoms with Crippen LogP contribution >= 0.6 is 0 Å². The molecule has 1 atom stereocenters. The number of rotatable bonds is 3. The van der Waals surface area contributed by atoms with Gasteiger partial charge in [0.2, 0.25) is 5.76 Å². The number of hydrogen-bond acceptors (Lipinski definition) is 3. The molecule has 1 amide bonds. The zero-order valence-electron chi connectivity index (χ0n) is 18.2. The fraction of sp³-hybridized carbons (Fsp3) is 0.308. The lowest BCUT2D eigenvalue weighted by atomic mass is 9.86. The molecular weight excluding hydrogens is 374 g/mol. The Morgan fingerprint density at radius 2 is 1.70 bits per heavy atom. The number of carbonyl (C=O) groups is 1. The first-order valence-corrected chi connectivity index (χ1v) is 10.2. The standard InChI is InChI=1S/C26H27NO3/c1-7-12-27-22(17-8-10-18(11-9-17)26(4,5)6)21-23(28)19-13-15(2)16(3)14-20(19)30-24(21)25(27)29/h7-11,13-14,22H,1,12H2,2-6H3. The van der Waals surface area contributed by atoms with Gasteiger partial charge in [-0.25, -0.2) is 0 Å². The second-order valence-corrected chi connectivity index (χ2v) is 9.13. The Kier molecular flexibility index (Phi) is 4.69. The first-order valence-electron chi connectivity index (χ1n) is 10.2. The smallest absolute Gasteiger partial charge is 0.291 e. The van der Waals surface area contributed by atoms with Crippen LogP contribution in [0, 0.1) is 13.8 Å². The van der Waals surface area contributed by atoms with Gasteiger partial charge in [0.25, 0.3) is 5.91 Å². The van der Waals surface area contributed by atoms with Gasteiger partial charge in [-0.2, -0.15) is 0 Å². The van der Waals surface area contributed by atoms with E-state index in [-0.39, 0.29) is 22.5 Å². The Bertz CT molecular complexity index is 1230. The number of fused-ring (bicyclic) bond motifs is 2. The number of benzene rings is 2. The van der Waals surface area contributed by atoms with Crippen LogP contribution < -0.4 is 5.43 Å². The van der Waals surface area contributed by atoms with Crippen molar-refractivity contribution < 1.29 is 9.21 Å². The van der Waals surface area contributed by atoms with E-state index in [0.29, 0.717) is 23.1 Å². The van der Waals surface area contributed by atoms with E-state index in [1.54, 1.807) is 11.0 Å². The van der Waals surface area contributed by atoms with E-state index in [9.17, 15) is 9.59 Å². The van der Waals surface area contributed by atoms with Gasteiger partial charge in [0.15, 0.2) is 5.43 Å². The monoisotopic (exact) mass is 401 g/mol. The molecule has 1 unspecified atom stereocenters. The maximum Gasteiger partial charge on any atom is 0.291 e. The van der Waals surface area contributed by atoms with Crippen LogP contribution in [-0.4, -0.2) is 17.4 Å². The molecule has 4 rings (SSSR count). The highest BCUT2D eigenvalue weighted by Crippen LogP contribution is 2.39. The third-order valence-electron chi connectivity index (χ3n) is 6.00. The Hall–Kier alpha value is -3.14. The summed E-state index contributed by atoms with van der Waals surface area (Å²) in [6.07, 6.45) is 1.68. The van der Waals surface area contributed by atoms with E-state index < -0.39 is 6.04 Å². The summed E-state index contributed by atoms with van der Waals surface area (Å²) in [6.45, 7) is 14.5. The van der Waals surface area contributed by atoms with E-state index >= 15 is 0 Å². The average Bonchev–Trinajstić information content (AvgIpc) is 2.96. The summed E-state index contributed by atoms with van der Waals surface area (Å²) in [4.78, 5) is 28.4. The van der Waals surface area contributed by atoms with Crippen molar-refractivity contribution in [3.8, 4) is 0 Å². The van der Waals surface area contributed by atoms with Crippen molar-refractivity contribution in [2.24, 2.45) is 0 Å². The Balaban J connectivity index is 1.96. The van der Waals surface area contributed by atoms with Crippen LogP contribution in [0.1, 0.15) is 65.2 Å². The average molecular weight is 402 g/mol. The highest BCUT2D eigenvalue weighted by atomic mass is 16.3. The number of hydrogen-bond donors (Lipinski definition) is 0. The summed E-state index contributed by atoms with van der Waals surface area (Å²) in [5.74, 6) is -0.130. The predicted octanol–water partition coefficient (Wildman–Crippen LogP) is 5.44. The molecule has 0 saturated heterocycles. The second-order valence-electron chi connectivity index (χ2n) is 9.13. The molecule has 0 spiro atoms. The summed E-state index contributed by atoms with van der Waals surface area (Å²) in [5.41, 5.74) is 4.89. The van der Waals surface area contributed by atoms with Gasteiger partial charge in [0.05, 0.1) is 17.0 Å². The van der Waals surface area contributed by atoms with E-state index in [0.717, 1.165) is 16.7 Å². The molecule has 4 heteroatoms. The molecule has 4 nitrogen and oxygen atoms in total. The summed E-state index contributed by atoms with van der Waals surface area (Å²) < 4.78 is 6.01. The van der Waals surface area contributed by atoms with E-state index in [1.807, 2.05) is 38.1 Å². The fourth-order valence-electron chi connectivity index (χ4n) is 4.11. The third-order valence-corrected chi connectivity index (χ3v) is 6.00. The first-order chi connectivity index (χ1) is 14.1. The van der Waals surface area contributed by atoms with Crippen LogP contribution in [0.5, 0.6) is 0 Å². The summed E-state index contributed by atoms with van der Waals surface area (Å²) in [6, 6.07) is 11.4. The predicted molar refractivity (Wildman–Crippen MR) is 120 cm³/mol. The van der Waals surface area contributed by atoms with Crippen molar-refractivity contribution in [3.05, 3.63) is 92.9 Å². The minimum absolute atomic E-state index is 0.0212.